The van der Waals surface area contributed by atoms with Crippen LogP contribution in [0.1, 0.15) is 19.3 Å². The van der Waals surface area contributed by atoms with E-state index in [1.165, 1.54) is 6.07 Å². The molecule has 0 radical (unpaired) electrons. The van der Waals surface area contributed by atoms with Crippen LogP contribution in [-0.4, -0.2) is 60.0 Å². The average Bonchev–Trinajstić information content (AvgIpc) is 2.78. The summed E-state index contributed by atoms with van der Waals surface area (Å²) in [5.41, 5.74) is 0. The largest absolute Gasteiger partial charge is 0.477 e. The normalized spacial score (nSPS) is 17.1. The van der Waals surface area contributed by atoms with Crippen LogP contribution in [0, 0.1) is 0 Å². The molecule has 1 amide bonds. The van der Waals surface area contributed by atoms with E-state index in [9.17, 15) is 9.59 Å². The van der Waals surface area contributed by atoms with E-state index in [0.717, 1.165) is 24.4 Å². The zero-order valence-electron chi connectivity index (χ0n) is 9.55. The van der Waals surface area contributed by atoms with Gasteiger partial charge >= 0.3 is 5.97 Å². The molecule has 1 saturated heterocycles. The monoisotopic (exact) mass is 254 g/mol. The predicted octanol–water partition coefficient (Wildman–Crippen LogP) is 0.834. The van der Waals surface area contributed by atoms with E-state index in [4.69, 9.17) is 5.11 Å². The van der Waals surface area contributed by atoms with Gasteiger partial charge in [-0.25, -0.2) is 4.79 Å². The third-order valence-corrected chi connectivity index (χ3v) is 3.88. The Hall–Kier alpha value is -1.40. The molecule has 0 aliphatic carbocycles. The highest BCUT2D eigenvalue weighted by atomic mass is 32.1. The summed E-state index contributed by atoms with van der Waals surface area (Å²) in [6, 6.07) is 3.07. The molecular weight excluding hydrogens is 240 g/mol. The number of carboxylic acid groups (broad SMARTS) is 1. The number of thiophene rings is 1. The van der Waals surface area contributed by atoms with Gasteiger partial charge in [-0.15, -0.1) is 11.3 Å². The summed E-state index contributed by atoms with van der Waals surface area (Å²) in [5, 5.41) is 8.80. The predicted molar refractivity (Wildman–Crippen MR) is 64.7 cm³/mol. The lowest BCUT2D eigenvalue weighted by Crippen LogP contribution is -2.46. The Kier molecular flexibility index (Phi) is 3.44. The Morgan fingerprint density at radius 3 is 2.29 bits per heavy atom. The molecule has 0 spiro atoms. The summed E-state index contributed by atoms with van der Waals surface area (Å²) in [6.45, 7) is 3.14. The molecule has 1 fully saturated rings. The lowest BCUT2D eigenvalue weighted by molar-refractivity contribution is 0.0667. The van der Waals surface area contributed by atoms with Crippen LogP contribution in [-0.2, 0) is 0 Å². The molecule has 1 aliphatic rings. The van der Waals surface area contributed by atoms with Gasteiger partial charge in [0.25, 0.3) is 5.91 Å². The number of rotatable bonds is 2. The SMILES string of the molecule is CN1CCN(C(=O)c2ccc(C(=O)O)s2)CC1. The Morgan fingerprint density at radius 1 is 1.18 bits per heavy atom. The number of aromatic carboxylic acids is 1. The summed E-state index contributed by atoms with van der Waals surface area (Å²) < 4.78 is 0. The van der Waals surface area contributed by atoms with E-state index in [-0.39, 0.29) is 10.8 Å². The van der Waals surface area contributed by atoms with Crippen molar-refractivity contribution in [1.82, 2.24) is 9.80 Å². The lowest BCUT2D eigenvalue weighted by atomic mass is 10.3. The fourth-order valence-electron chi connectivity index (χ4n) is 1.73. The number of hydrogen-bond donors (Lipinski definition) is 1. The van der Waals surface area contributed by atoms with Gasteiger partial charge in [0.1, 0.15) is 4.88 Å². The fourth-order valence-corrected chi connectivity index (χ4v) is 2.55. The first-order valence-electron chi connectivity index (χ1n) is 5.39. The minimum atomic E-state index is -0.979. The van der Waals surface area contributed by atoms with Crippen molar-refractivity contribution in [2.75, 3.05) is 33.2 Å². The first-order valence-corrected chi connectivity index (χ1v) is 6.20. The number of carbonyl (C=O) groups is 2. The maximum Gasteiger partial charge on any atom is 0.345 e. The van der Waals surface area contributed by atoms with E-state index < -0.39 is 5.97 Å². The number of nitrogens with zero attached hydrogens (tertiary/aromatic N) is 2. The van der Waals surface area contributed by atoms with Gasteiger partial charge < -0.3 is 14.9 Å². The Morgan fingerprint density at radius 2 is 1.76 bits per heavy atom. The molecule has 0 unspecified atom stereocenters. The van der Waals surface area contributed by atoms with E-state index in [0.29, 0.717) is 18.0 Å². The quantitative estimate of drug-likeness (QED) is 0.849. The van der Waals surface area contributed by atoms with Crippen LogP contribution in [0.3, 0.4) is 0 Å². The van der Waals surface area contributed by atoms with Crippen molar-refractivity contribution in [3.05, 3.63) is 21.9 Å². The fraction of sp³-hybridized carbons (Fsp3) is 0.455. The van der Waals surface area contributed by atoms with Crippen LogP contribution in [0.5, 0.6) is 0 Å². The van der Waals surface area contributed by atoms with Crippen molar-refractivity contribution in [3.8, 4) is 0 Å². The highest BCUT2D eigenvalue weighted by Crippen LogP contribution is 2.19. The van der Waals surface area contributed by atoms with Gasteiger partial charge in [0.05, 0.1) is 4.88 Å². The molecule has 1 aromatic rings. The second-order valence-electron chi connectivity index (χ2n) is 4.06. The molecule has 1 aliphatic heterocycles. The minimum absolute atomic E-state index is 0.0596. The summed E-state index contributed by atoms with van der Waals surface area (Å²) in [7, 11) is 2.02. The molecule has 5 nitrogen and oxygen atoms in total. The third-order valence-electron chi connectivity index (χ3n) is 2.82. The van der Waals surface area contributed by atoms with Gasteiger partial charge in [0, 0.05) is 26.2 Å². The third kappa shape index (κ3) is 2.65. The zero-order chi connectivity index (χ0) is 12.4. The van der Waals surface area contributed by atoms with Crippen LogP contribution >= 0.6 is 11.3 Å². The molecule has 2 heterocycles. The second-order valence-corrected chi connectivity index (χ2v) is 5.15. The smallest absolute Gasteiger partial charge is 0.345 e. The van der Waals surface area contributed by atoms with Crippen molar-refractivity contribution in [2.24, 2.45) is 0 Å². The molecule has 0 saturated carbocycles. The molecule has 0 atom stereocenters. The van der Waals surface area contributed by atoms with Crippen molar-refractivity contribution in [2.45, 2.75) is 0 Å². The van der Waals surface area contributed by atoms with E-state index in [1.54, 1.807) is 11.0 Å². The number of piperazine rings is 1. The Balaban J connectivity index is 2.06. The topological polar surface area (TPSA) is 60.9 Å². The summed E-state index contributed by atoms with van der Waals surface area (Å²) in [5.74, 6) is -1.04. The van der Waals surface area contributed by atoms with Crippen LogP contribution in [0.2, 0.25) is 0 Å². The van der Waals surface area contributed by atoms with Crippen molar-refractivity contribution >= 4 is 23.2 Å². The molecule has 17 heavy (non-hydrogen) atoms. The van der Waals surface area contributed by atoms with Gasteiger partial charge in [-0.05, 0) is 19.2 Å². The summed E-state index contributed by atoms with van der Waals surface area (Å²) in [6.07, 6.45) is 0. The number of hydrogen-bond acceptors (Lipinski definition) is 4. The molecule has 92 valence electrons. The number of carbonyl (C=O) groups excluding carboxylic acids is 1. The summed E-state index contributed by atoms with van der Waals surface area (Å²) in [4.78, 5) is 27.5. The van der Waals surface area contributed by atoms with Crippen LogP contribution in [0.15, 0.2) is 12.1 Å². The molecule has 1 N–H and O–H groups in total. The average molecular weight is 254 g/mol. The van der Waals surface area contributed by atoms with Gasteiger partial charge in [0.15, 0.2) is 0 Å². The van der Waals surface area contributed by atoms with E-state index >= 15 is 0 Å². The summed E-state index contributed by atoms with van der Waals surface area (Å²) >= 11 is 1.04. The zero-order valence-corrected chi connectivity index (χ0v) is 10.4. The Labute approximate surface area is 103 Å². The van der Waals surface area contributed by atoms with Crippen LogP contribution in [0.25, 0.3) is 0 Å². The molecule has 0 aromatic carbocycles. The molecule has 1 aromatic heterocycles. The van der Waals surface area contributed by atoms with E-state index in [2.05, 4.69) is 4.90 Å². The van der Waals surface area contributed by atoms with Crippen molar-refractivity contribution in [3.63, 3.8) is 0 Å². The van der Waals surface area contributed by atoms with E-state index in [1.807, 2.05) is 7.05 Å². The lowest BCUT2D eigenvalue weighted by Gasteiger charge is -2.32. The maximum atomic E-state index is 12.1. The number of amides is 1. The highest BCUT2D eigenvalue weighted by Gasteiger charge is 2.22. The molecule has 6 heteroatoms. The number of carboxylic acids is 1. The van der Waals surface area contributed by atoms with Crippen LogP contribution in [0.4, 0.5) is 0 Å². The standard InChI is InChI=1S/C11H14N2O3S/c1-12-4-6-13(7-5-12)10(14)8-2-3-9(17-8)11(15)16/h2-3H,4-7H2,1H3,(H,15,16). The van der Waals surface area contributed by atoms with Crippen molar-refractivity contribution in [1.29, 1.82) is 0 Å². The first kappa shape index (κ1) is 12.1. The Bertz CT molecular complexity index is 436. The van der Waals surface area contributed by atoms with Crippen LogP contribution < -0.4 is 0 Å². The van der Waals surface area contributed by atoms with Gasteiger partial charge in [-0.2, -0.15) is 0 Å². The van der Waals surface area contributed by atoms with Gasteiger partial charge in [-0.1, -0.05) is 0 Å². The maximum absolute atomic E-state index is 12.1. The minimum Gasteiger partial charge on any atom is -0.477 e. The second kappa shape index (κ2) is 4.85. The van der Waals surface area contributed by atoms with Gasteiger partial charge in [-0.3, -0.25) is 4.79 Å². The van der Waals surface area contributed by atoms with Gasteiger partial charge in [0.2, 0.25) is 0 Å². The molecule has 2 rings (SSSR count). The number of likely N-dealkylation sites (N-methyl/N-ethyl adjacent to an activating group) is 1. The van der Waals surface area contributed by atoms with Crippen molar-refractivity contribution < 1.29 is 14.7 Å². The molecule has 0 bridgehead atoms. The molecular formula is C11H14N2O3S. The first-order chi connectivity index (χ1) is 8.08. The highest BCUT2D eigenvalue weighted by molar-refractivity contribution is 7.15.